The van der Waals surface area contributed by atoms with Crippen molar-refractivity contribution in [3.63, 3.8) is 0 Å². The van der Waals surface area contributed by atoms with Crippen LogP contribution in [0.3, 0.4) is 0 Å². The third-order valence-electron chi connectivity index (χ3n) is 6.05. The van der Waals surface area contributed by atoms with Crippen molar-refractivity contribution in [2.24, 2.45) is 0 Å². The van der Waals surface area contributed by atoms with E-state index in [0.717, 1.165) is 11.6 Å². The molecule has 4 heteroatoms. The summed E-state index contributed by atoms with van der Waals surface area (Å²) < 4.78 is 10.2. The lowest BCUT2D eigenvalue weighted by Gasteiger charge is -2.16. The summed E-state index contributed by atoms with van der Waals surface area (Å²) in [5.41, 5.74) is 7.49. The van der Waals surface area contributed by atoms with Crippen molar-refractivity contribution in [1.29, 1.82) is 0 Å². The van der Waals surface area contributed by atoms with Gasteiger partial charge < -0.3 is 4.74 Å². The quantitative estimate of drug-likeness (QED) is 0.356. The molecule has 0 bridgehead atoms. The highest BCUT2D eigenvalue weighted by Gasteiger charge is 2.30. The van der Waals surface area contributed by atoms with E-state index >= 15 is 0 Å². The van der Waals surface area contributed by atoms with Gasteiger partial charge in [0, 0.05) is 22.3 Å². The molecule has 3 rings (SSSR count). The first kappa shape index (κ1) is 24.0. The Morgan fingerprint density at radius 1 is 0.750 bits per heavy atom. The molecule has 0 aliphatic carbocycles. The average molecular weight is 435 g/mol. The van der Waals surface area contributed by atoms with Gasteiger partial charge in [0.05, 0.1) is 6.61 Å². The van der Waals surface area contributed by atoms with Crippen LogP contribution in [0.4, 0.5) is 0 Å². The van der Waals surface area contributed by atoms with E-state index in [9.17, 15) is 0 Å². The Morgan fingerprint density at radius 3 is 1.59 bits per heavy atom. The van der Waals surface area contributed by atoms with Gasteiger partial charge in [-0.25, -0.2) is 0 Å². The Hall–Kier alpha value is -2.62. The molecule has 32 heavy (non-hydrogen) atoms. The minimum atomic E-state index is 0.380. The fourth-order valence-electron chi connectivity index (χ4n) is 4.37. The maximum absolute atomic E-state index is 6.14. The Bertz CT molecular complexity index is 1010. The summed E-state index contributed by atoms with van der Waals surface area (Å²) in [6.07, 6.45) is 2.05. The van der Waals surface area contributed by atoms with E-state index in [1.165, 1.54) is 27.9 Å². The van der Waals surface area contributed by atoms with E-state index in [2.05, 4.69) is 98.0 Å². The van der Waals surface area contributed by atoms with Crippen molar-refractivity contribution < 1.29 is 9.42 Å². The summed E-state index contributed by atoms with van der Waals surface area (Å²) in [7, 11) is 0. The zero-order chi connectivity index (χ0) is 23.6. The van der Waals surface area contributed by atoms with E-state index in [1.54, 1.807) is 0 Å². The van der Waals surface area contributed by atoms with Crippen LogP contribution in [0.25, 0.3) is 11.4 Å². The van der Waals surface area contributed by atoms with Gasteiger partial charge in [-0.3, -0.25) is 0 Å². The molecule has 0 spiro atoms. The van der Waals surface area contributed by atoms with Crippen molar-refractivity contribution in [1.82, 2.24) is 9.90 Å². The normalized spacial score (nSPS) is 11.9. The van der Waals surface area contributed by atoms with Crippen LogP contribution in [0.15, 0.2) is 42.6 Å². The summed E-state index contributed by atoms with van der Waals surface area (Å²) in [4.78, 5) is 0. The smallest absolute Gasteiger partial charge is 0.353 e. The minimum absolute atomic E-state index is 0.380. The lowest BCUT2D eigenvalue weighted by molar-refractivity contribution is -0.667. The molecule has 0 saturated heterocycles. The second-order valence-electron chi connectivity index (χ2n) is 9.84. The van der Waals surface area contributed by atoms with Crippen molar-refractivity contribution in [3.05, 3.63) is 64.8 Å². The Balaban J connectivity index is 2.36. The molecular weight excluding hydrogens is 394 g/mol. The Morgan fingerprint density at radius 2 is 1.19 bits per heavy atom. The van der Waals surface area contributed by atoms with E-state index in [1.807, 2.05) is 16.3 Å². The largest absolute Gasteiger partial charge is 0.458 e. The fraction of sp³-hybridized carbons (Fsp3) is 0.500. The van der Waals surface area contributed by atoms with Crippen molar-refractivity contribution >= 4 is 0 Å². The second-order valence-corrected chi connectivity index (χ2v) is 9.84. The molecule has 4 nitrogen and oxygen atoms in total. The summed E-state index contributed by atoms with van der Waals surface area (Å²) >= 11 is 0. The average Bonchev–Trinajstić information content (AvgIpc) is 3.15. The lowest BCUT2D eigenvalue weighted by Crippen LogP contribution is -2.38. The fourth-order valence-corrected chi connectivity index (χ4v) is 4.37. The van der Waals surface area contributed by atoms with E-state index < -0.39 is 0 Å². The lowest BCUT2D eigenvalue weighted by atomic mass is 9.93. The summed E-state index contributed by atoms with van der Waals surface area (Å²) in [6.45, 7) is 20.6. The number of ether oxygens (including phenoxy) is 1. The molecule has 0 N–H and O–H groups in total. The number of hydrogen-bond acceptors (Lipinski definition) is 2. The van der Waals surface area contributed by atoms with Crippen LogP contribution in [-0.4, -0.2) is 16.5 Å². The molecule has 0 saturated carbocycles. The van der Waals surface area contributed by atoms with E-state index in [-0.39, 0.29) is 0 Å². The third-order valence-corrected chi connectivity index (χ3v) is 6.05. The van der Waals surface area contributed by atoms with Gasteiger partial charge in [0.2, 0.25) is 6.20 Å². The van der Waals surface area contributed by atoms with Gasteiger partial charge in [0.15, 0.2) is 11.4 Å². The highest BCUT2D eigenvalue weighted by Crippen LogP contribution is 2.32. The molecule has 1 aromatic heterocycles. The Kier molecular flexibility index (Phi) is 7.43. The summed E-state index contributed by atoms with van der Waals surface area (Å²) in [6, 6.07) is 13.2. The molecule has 3 aromatic rings. The minimum Gasteiger partial charge on any atom is -0.458 e. The predicted molar refractivity (Wildman–Crippen MR) is 133 cm³/mol. The van der Waals surface area contributed by atoms with Crippen LogP contribution in [-0.2, 0) is 0 Å². The molecule has 172 valence electrons. The molecule has 0 radical (unpaired) electrons. The van der Waals surface area contributed by atoms with Crippen molar-refractivity contribution in [2.75, 3.05) is 6.61 Å². The number of hydrogen-bond donors (Lipinski definition) is 0. The molecule has 0 unspecified atom stereocenters. The van der Waals surface area contributed by atoms with Gasteiger partial charge >= 0.3 is 5.88 Å². The predicted octanol–water partition coefficient (Wildman–Crippen LogP) is 7.04. The number of para-hydroxylation sites is 2. The molecule has 0 fully saturated rings. The number of rotatable bonds is 8. The number of benzene rings is 2. The standard InChI is InChI=1S/C28H40N3O/c1-10-32-26-17-30(27-22(18(2)3)13-11-14-23(27)19(4)5)29-31(26)28-24(20(6)7)15-12-16-25(28)21(8)9/h11-21H,10H2,1-9H3/q+1. The van der Waals surface area contributed by atoms with Gasteiger partial charge in [-0.2, -0.15) is 0 Å². The molecule has 0 aliphatic heterocycles. The first-order valence-corrected chi connectivity index (χ1v) is 12.1. The first-order chi connectivity index (χ1) is 15.2. The summed E-state index contributed by atoms with van der Waals surface area (Å²) in [5.74, 6) is 2.32. The number of nitrogens with zero attached hydrogens (tertiary/aromatic N) is 3. The van der Waals surface area contributed by atoms with Crippen molar-refractivity contribution in [3.8, 4) is 17.3 Å². The third kappa shape index (κ3) is 4.60. The zero-order valence-corrected chi connectivity index (χ0v) is 21.3. The molecule has 0 amide bonds. The summed E-state index contributed by atoms with van der Waals surface area (Å²) in [5, 5.41) is 5.15. The highest BCUT2D eigenvalue weighted by atomic mass is 16.5. The maximum atomic E-state index is 6.14. The maximum Gasteiger partial charge on any atom is 0.353 e. The van der Waals surface area contributed by atoms with Gasteiger partial charge in [-0.05, 0) is 30.6 Å². The molecular formula is C28H40N3O+. The second kappa shape index (κ2) is 9.89. The molecule has 0 atom stereocenters. The molecule has 2 aromatic carbocycles. The molecule has 0 aliphatic rings. The highest BCUT2D eigenvalue weighted by molar-refractivity contribution is 5.51. The van der Waals surface area contributed by atoms with Crippen LogP contribution in [0.2, 0.25) is 0 Å². The van der Waals surface area contributed by atoms with Crippen LogP contribution < -0.4 is 9.42 Å². The first-order valence-electron chi connectivity index (χ1n) is 12.1. The van der Waals surface area contributed by atoms with Gasteiger partial charge in [-0.15, -0.1) is 0 Å². The van der Waals surface area contributed by atoms with Crippen LogP contribution in [0, 0.1) is 0 Å². The monoisotopic (exact) mass is 434 g/mol. The van der Waals surface area contributed by atoms with Crippen molar-refractivity contribution in [2.45, 2.75) is 86.0 Å². The van der Waals surface area contributed by atoms with Crippen LogP contribution in [0.1, 0.15) is 108 Å². The Labute approximate surface area is 194 Å². The van der Waals surface area contributed by atoms with Gasteiger partial charge in [0.25, 0.3) is 0 Å². The molecule has 1 heterocycles. The SMILES string of the molecule is CCOc1cn(-c2c(C(C)C)cccc2C(C)C)n[n+]1-c1c(C(C)C)cccc1C(C)C. The van der Waals surface area contributed by atoms with Gasteiger partial charge in [-0.1, -0.05) is 101 Å². The van der Waals surface area contributed by atoms with Crippen LogP contribution in [0.5, 0.6) is 5.88 Å². The van der Waals surface area contributed by atoms with E-state index in [0.29, 0.717) is 30.3 Å². The van der Waals surface area contributed by atoms with Gasteiger partial charge in [0.1, 0.15) is 5.21 Å². The number of aromatic nitrogens is 3. The van der Waals surface area contributed by atoms with Crippen LogP contribution >= 0.6 is 0 Å². The topological polar surface area (TPSA) is 30.9 Å². The zero-order valence-electron chi connectivity index (χ0n) is 21.3. The van der Waals surface area contributed by atoms with E-state index in [4.69, 9.17) is 9.95 Å².